The molecule has 1 fully saturated rings. The summed E-state index contributed by atoms with van der Waals surface area (Å²) < 4.78 is 13.1. The molecule has 1 aliphatic rings. The third-order valence-corrected chi connectivity index (χ3v) is 9.12. The van der Waals surface area contributed by atoms with Crippen molar-refractivity contribution in [2.45, 2.75) is 71.2 Å². The zero-order valence-corrected chi connectivity index (χ0v) is 27.1. The van der Waals surface area contributed by atoms with Gasteiger partial charge in [0.2, 0.25) is 11.8 Å². The lowest BCUT2D eigenvalue weighted by Gasteiger charge is -2.41. The normalized spacial score (nSPS) is 19.6. The van der Waals surface area contributed by atoms with Crippen molar-refractivity contribution in [1.82, 2.24) is 10.6 Å². The van der Waals surface area contributed by atoms with Gasteiger partial charge in [0, 0.05) is 49.4 Å². The highest BCUT2D eigenvalue weighted by molar-refractivity contribution is 7.99. The number of hydrogen-bond acceptors (Lipinski definition) is 7. The van der Waals surface area contributed by atoms with Crippen LogP contribution in [0.15, 0.2) is 72.8 Å². The van der Waals surface area contributed by atoms with Crippen LogP contribution in [-0.2, 0) is 32.2 Å². The Balaban J connectivity index is 1.41. The molecule has 1 heterocycles. The van der Waals surface area contributed by atoms with Crippen LogP contribution in [0.3, 0.4) is 0 Å². The number of carbonyl (C=O) groups is 2. The maximum Gasteiger partial charge on any atom is 0.220 e. The van der Waals surface area contributed by atoms with E-state index in [1.165, 1.54) is 6.92 Å². The van der Waals surface area contributed by atoms with Gasteiger partial charge in [0.25, 0.3) is 0 Å². The van der Waals surface area contributed by atoms with Crippen molar-refractivity contribution in [3.05, 3.63) is 95.1 Å². The maximum atomic E-state index is 12.5. The number of unbranched alkanes of at least 4 members (excludes halogenated alkanes) is 2. The Labute approximate surface area is 270 Å². The number of nitrogens with one attached hydrogen (secondary N) is 2. The number of ether oxygens (including phenoxy) is 2. The molecule has 2 amide bonds. The molecule has 0 aliphatic carbocycles. The van der Waals surface area contributed by atoms with E-state index in [0.717, 1.165) is 58.4 Å². The Morgan fingerprint density at radius 3 is 2.31 bits per heavy atom. The highest BCUT2D eigenvalue weighted by atomic mass is 32.2. The number of rotatable bonds is 16. The Bertz CT molecular complexity index is 1350. The minimum absolute atomic E-state index is 0.00249. The molecule has 0 bridgehead atoms. The van der Waals surface area contributed by atoms with Crippen molar-refractivity contribution >= 4 is 23.6 Å². The maximum absolute atomic E-state index is 12.5. The molecule has 0 aromatic heterocycles. The lowest BCUT2D eigenvalue weighted by molar-refractivity contribution is -0.268. The second-order valence-corrected chi connectivity index (χ2v) is 12.6. The second kappa shape index (κ2) is 18.1. The summed E-state index contributed by atoms with van der Waals surface area (Å²) in [5, 5.41) is 24.6. The zero-order valence-electron chi connectivity index (χ0n) is 26.2. The van der Waals surface area contributed by atoms with Crippen molar-refractivity contribution < 1.29 is 29.3 Å². The molecule has 0 saturated carbocycles. The standard InChI is InChI=1S/C36H46N2O6S/c1-25-33(24-45-21-20-39)43-36(44-35(25)29-13-11-27(23-40)12-14-29)30-17-15-28(16-18-30)32-9-6-5-8-31(32)22-38-34(42)10-4-3-7-19-37-26(2)41/h5-6,8-9,11-18,25,33,35-36,39-40H,3-4,7,10,19-24H2,1-2H3,(H,37,41)(H,38,42)/t25-,33+,35+,36+/m0/s1. The van der Waals surface area contributed by atoms with E-state index in [9.17, 15) is 19.8 Å². The molecule has 242 valence electrons. The summed E-state index contributed by atoms with van der Waals surface area (Å²) in [6, 6.07) is 24.2. The van der Waals surface area contributed by atoms with Gasteiger partial charge in [-0.2, -0.15) is 11.8 Å². The fourth-order valence-corrected chi connectivity index (χ4v) is 6.39. The summed E-state index contributed by atoms with van der Waals surface area (Å²) >= 11 is 1.67. The van der Waals surface area contributed by atoms with Gasteiger partial charge in [0.05, 0.1) is 25.4 Å². The van der Waals surface area contributed by atoms with Crippen LogP contribution in [0.25, 0.3) is 11.1 Å². The van der Waals surface area contributed by atoms with Crippen LogP contribution in [0.1, 0.15) is 74.2 Å². The van der Waals surface area contributed by atoms with E-state index in [0.29, 0.717) is 25.3 Å². The van der Waals surface area contributed by atoms with Gasteiger partial charge in [-0.1, -0.05) is 86.1 Å². The molecular formula is C36H46N2O6S. The number of hydrogen-bond donors (Lipinski definition) is 4. The van der Waals surface area contributed by atoms with Gasteiger partial charge in [0.1, 0.15) is 0 Å². The highest BCUT2D eigenvalue weighted by Crippen LogP contribution is 2.42. The summed E-state index contributed by atoms with van der Waals surface area (Å²) in [5.74, 6) is 1.49. The van der Waals surface area contributed by atoms with Crippen LogP contribution >= 0.6 is 11.8 Å². The van der Waals surface area contributed by atoms with Gasteiger partial charge in [-0.25, -0.2) is 0 Å². The quantitative estimate of drug-likeness (QED) is 0.150. The van der Waals surface area contributed by atoms with Crippen LogP contribution in [-0.4, -0.2) is 52.8 Å². The first-order chi connectivity index (χ1) is 21.9. The van der Waals surface area contributed by atoms with Crippen LogP contribution in [0.5, 0.6) is 0 Å². The molecule has 3 aromatic rings. The molecule has 0 spiro atoms. The van der Waals surface area contributed by atoms with E-state index >= 15 is 0 Å². The lowest BCUT2D eigenvalue weighted by atomic mass is 9.91. The molecular weight excluding hydrogens is 588 g/mol. The number of aliphatic hydroxyl groups is 2. The topological polar surface area (TPSA) is 117 Å². The van der Waals surface area contributed by atoms with Crippen molar-refractivity contribution in [3.63, 3.8) is 0 Å². The van der Waals surface area contributed by atoms with Gasteiger partial charge in [0.15, 0.2) is 6.29 Å². The van der Waals surface area contributed by atoms with Gasteiger partial charge >= 0.3 is 0 Å². The Morgan fingerprint density at radius 1 is 0.867 bits per heavy atom. The summed E-state index contributed by atoms with van der Waals surface area (Å²) in [6.07, 6.45) is 2.20. The SMILES string of the molecule is CC(=O)NCCCCCC(=O)NCc1ccccc1-c1ccc([C@@H]2O[C@H](CSCCO)[C@H](C)[C@H](c3ccc(CO)cc3)O2)cc1. The fraction of sp³-hybridized carbons (Fsp3) is 0.444. The van der Waals surface area contributed by atoms with Crippen LogP contribution in [0, 0.1) is 5.92 Å². The molecule has 1 saturated heterocycles. The van der Waals surface area contributed by atoms with Crippen molar-refractivity contribution in [1.29, 1.82) is 0 Å². The zero-order chi connectivity index (χ0) is 32.0. The molecule has 4 N–H and O–H groups in total. The molecule has 0 radical (unpaired) electrons. The summed E-state index contributed by atoms with van der Waals surface area (Å²) in [5.41, 5.74) is 5.95. The van der Waals surface area contributed by atoms with E-state index < -0.39 is 6.29 Å². The van der Waals surface area contributed by atoms with Gasteiger partial charge in [-0.3, -0.25) is 9.59 Å². The predicted molar refractivity (Wildman–Crippen MR) is 178 cm³/mol. The first kappa shape index (κ1) is 34.7. The van der Waals surface area contributed by atoms with E-state index in [-0.39, 0.29) is 43.2 Å². The van der Waals surface area contributed by atoms with Crippen LogP contribution in [0.4, 0.5) is 0 Å². The molecule has 3 aromatic carbocycles. The monoisotopic (exact) mass is 634 g/mol. The number of benzene rings is 3. The van der Waals surface area contributed by atoms with Gasteiger partial charge in [-0.05, 0) is 40.7 Å². The number of carbonyl (C=O) groups excluding carboxylic acids is 2. The van der Waals surface area contributed by atoms with E-state index in [1.807, 2.05) is 54.6 Å². The second-order valence-electron chi connectivity index (χ2n) is 11.5. The first-order valence-electron chi connectivity index (χ1n) is 15.8. The highest BCUT2D eigenvalue weighted by Gasteiger charge is 2.38. The molecule has 0 unspecified atom stereocenters. The largest absolute Gasteiger partial charge is 0.396 e. The number of thioether (sulfide) groups is 1. The Morgan fingerprint density at radius 2 is 1.60 bits per heavy atom. The first-order valence-corrected chi connectivity index (χ1v) is 16.9. The summed E-state index contributed by atoms with van der Waals surface area (Å²) in [6.45, 7) is 4.86. The van der Waals surface area contributed by atoms with Crippen LogP contribution in [0.2, 0.25) is 0 Å². The molecule has 4 atom stereocenters. The third kappa shape index (κ3) is 10.4. The van der Waals surface area contributed by atoms with Crippen molar-refractivity contribution in [2.75, 3.05) is 24.7 Å². The minimum atomic E-state index is -0.551. The van der Waals surface area contributed by atoms with Crippen LogP contribution < -0.4 is 10.6 Å². The average molecular weight is 635 g/mol. The molecule has 9 heteroatoms. The smallest absolute Gasteiger partial charge is 0.220 e. The molecule has 45 heavy (non-hydrogen) atoms. The van der Waals surface area contributed by atoms with E-state index in [4.69, 9.17) is 9.47 Å². The van der Waals surface area contributed by atoms with Gasteiger partial charge < -0.3 is 30.3 Å². The van der Waals surface area contributed by atoms with E-state index in [1.54, 1.807) is 11.8 Å². The number of aliphatic hydroxyl groups excluding tert-OH is 2. The minimum Gasteiger partial charge on any atom is -0.396 e. The molecule has 1 aliphatic heterocycles. The fourth-order valence-electron chi connectivity index (χ4n) is 5.48. The number of amides is 2. The Kier molecular flexibility index (Phi) is 13.9. The summed E-state index contributed by atoms with van der Waals surface area (Å²) in [4.78, 5) is 23.4. The van der Waals surface area contributed by atoms with Crippen molar-refractivity contribution in [3.8, 4) is 11.1 Å². The third-order valence-electron chi connectivity index (χ3n) is 8.08. The van der Waals surface area contributed by atoms with E-state index in [2.05, 4.69) is 35.8 Å². The molecule has 8 nitrogen and oxygen atoms in total. The van der Waals surface area contributed by atoms with Crippen molar-refractivity contribution in [2.24, 2.45) is 5.92 Å². The Hall–Kier alpha value is -3.21. The summed E-state index contributed by atoms with van der Waals surface area (Å²) in [7, 11) is 0. The van der Waals surface area contributed by atoms with Gasteiger partial charge in [-0.15, -0.1) is 0 Å². The average Bonchev–Trinajstić information content (AvgIpc) is 3.06. The lowest BCUT2D eigenvalue weighted by Crippen LogP contribution is -2.38. The predicted octanol–water partition coefficient (Wildman–Crippen LogP) is 5.68. The molecule has 4 rings (SSSR count).